The minimum atomic E-state index is -0.187. The molecule has 0 spiro atoms. The summed E-state index contributed by atoms with van der Waals surface area (Å²) < 4.78 is 10.4. The van der Waals surface area contributed by atoms with E-state index in [9.17, 15) is 4.79 Å². The summed E-state index contributed by atoms with van der Waals surface area (Å²) in [4.78, 5) is 18.4. The van der Waals surface area contributed by atoms with E-state index in [1.807, 2.05) is 23.8 Å². The van der Waals surface area contributed by atoms with Crippen LogP contribution in [0.25, 0.3) is 11.5 Å². The molecule has 0 radical (unpaired) electrons. The first-order valence-electron chi connectivity index (χ1n) is 7.03. The van der Waals surface area contributed by atoms with E-state index >= 15 is 0 Å². The lowest BCUT2D eigenvalue weighted by Gasteiger charge is -2.20. The van der Waals surface area contributed by atoms with E-state index in [4.69, 9.17) is 9.26 Å². The van der Waals surface area contributed by atoms with Crippen molar-refractivity contribution >= 4 is 17.3 Å². The van der Waals surface area contributed by atoms with Crippen molar-refractivity contribution in [2.75, 3.05) is 13.2 Å². The number of rotatable bonds is 5. The number of aromatic nitrogens is 2. The van der Waals surface area contributed by atoms with E-state index in [0.717, 1.165) is 24.9 Å². The van der Waals surface area contributed by atoms with Gasteiger partial charge in [-0.2, -0.15) is 16.3 Å². The maximum absolute atomic E-state index is 11.9. The fourth-order valence-electron chi connectivity index (χ4n) is 2.52. The Hall–Kier alpha value is -1.73. The van der Waals surface area contributed by atoms with Gasteiger partial charge in [-0.25, -0.2) is 0 Å². The Balaban J connectivity index is 1.67. The van der Waals surface area contributed by atoms with Crippen LogP contribution in [0.1, 0.15) is 25.6 Å². The summed E-state index contributed by atoms with van der Waals surface area (Å²) in [5, 5.41) is 7.94. The Kier molecular flexibility index (Phi) is 4.31. The normalized spacial score (nSPS) is 19.0. The lowest BCUT2D eigenvalue weighted by molar-refractivity contribution is -0.148. The molecule has 1 unspecified atom stereocenters. The molecule has 1 saturated heterocycles. The molecule has 0 amide bonds. The fourth-order valence-corrected chi connectivity index (χ4v) is 3.15. The fraction of sp³-hybridized carbons (Fsp3) is 0.500. The molecule has 2 aromatic heterocycles. The van der Waals surface area contributed by atoms with Gasteiger partial charge in [-0.1, -0.05) is 5.16 Å². The maximum Gasteiger partial charge on any atom is 0.323 e. The van der Waals surface area contributed by atoms with E-state index < -0.39 is 0 Å². The zero-order chi connectivity index (χ0) is 14.7. The summed E-state index contributed by atoms with van der Waals surface area (Å²) in [6.07, 6.45) is 1.81. The summed E-state index contributed by atoms with van der Waals surface area (Å²) in [6, 6.07) is 1.76. The van der Waals surface area contributed by atoms with Gasteiger partial charge in [0.05, 0.1) is 18.7 Å². The summed E-state index contributed by atoms with van der Waals surface area (Å²) in [7, 11) is 0. The summed E-state index contributed by atoms with van der Waals surface area (Å²) in [5.41, 5.74) is 0.933. The molecule has 0 aromatic carbocycles. The molecule has 21 heavy (non-hydrogen) atoms. The van der Waals surface area contributed by atoms with E-state index in [-0.39, 0.29) is 12.0 Å². The van der Waals surface area contributed by atoms with Gasteiger partial charge in [0.25, 0.3) is 5.89 Å². The summed E-state index contributed by atoms with van der Waals surface area (Å²) >= 11 is 1.59. The SMILES string of the molecule is CCOC(=O)C1CCCN1Cc1noc(-c2ccsc2)n1. The predicted octanol–water partition coefficient (Wildman–Crippen LogP) is 2.33. The molecule has 1 aliphatic heterocycles. The lowest BCUT2D eigenvalue weighted by atomic mass is 10.2. The van der Waals surface area contributed by atoms with Crippen LogP contribution < -0.4 is 0 Å². The standard InChI is InChI=1S/C14H17N3O3S/c1-2-19-14(18)11-4-3-6-17(11)8-12-15-13(20-16-12)10-5-7-21-9-10/h5,7,9,11H,2-4,6,8H2,1H3. The molecular weight excluding hydrogens is 290 g/mol. The summed E-state index contributed by atoms with van der Waals surface area (Å²) in [6.45, 7) is 3.60. The Bertz CT molecular complexity index is 596. The smallest absolute Gasteiger partial charge is 0.323 e. The molecule has 1 aliphatic rings. The van der Waals surface area contributed by atoms with Gasteiger partial charge < -0.3 is 9.26 Å². The number of carbonyl (C=O) groups is 1. The second kappa shape index (κ2) is 6.36. The highest BCUT2D eigenvalue weighted by atomic mass is 32.1. The molecule has 0 N–H and O–H groups in total. The second-order valence-electron chi connectivity index (χ2n) is 4.91. The van der Waals surface area contributed by atoms with Gasteiger partial charge in [0.15, 0.2) is 5.82 Å². The van der Waals surface area contributed by atoms with Gasteiger partial charge in [0, 0.05) is 5.38 Å². The van der Waals surface area contributed by atoms with Crippen LogP contribution in [0.15, 0.2) is 21.3 Å². The molecule has 3 rings (SSSR count). The van der Waals surface area contributed by atoms with Crippen molar-refractivity contribution in [3.05, 3.63) is 22.7 Å². The second-order valence-corrected chi connectivity index (χ2v) is 5.69. The van der Waals surface area contributed by atoms with Crippen LogP contribution in [0.4, 0.5) is 0 Å². The lowest BCUT2D eigenvalue weighted by Crippen LogP contribution is -2.37. The van der Waals surface area contributed by atoms with Crippen LogP contribution in [0.2, 0.25) is 0 Å². The average Bonchev–Trinajstić information content (AvgIpc) is 3.20. The van der Waals surface area contributed by atoms with Gasteiger partial charge in [0.2, 0.25) is 0 Å². The number of hydrogen-bond acceptors (Lipinski definition) is 7. The van der Waals surface area contributed by atoms with Gasteiger partial charge in [-0.05, 0) is 37.8 Å². The van der Waals surface area contributed by atoms with Gasteiger partial charge in [-0.3, -0.25) is 9.69 Å². The maximum atomic E-state index is 11.9. The number of carbonyl (C=O) groups excluding carboxylic acids is 1. The number of thiophene rings is 1. The highest BCUT2D eigenvalue weighted by Gasteiger charge is 2.32. The Morgan fingerprint density at radius 1 is 1.62 bits per heavy atom. The topological polar surface area (TPSA) is 68.5 Å². The average molecular weight is 307 g/mol. The largest absolute Gasteiger partial charge is 0.465 e. The molecule has 7 heteroatoms. The molecule has 2 aromatic rings. The zero-order valence-corrected chi connectivity index (χ0v) is 12.6. The van der Waals surface area contributed by atoms with Crippen LogP contribution in [-0.4, -0.2) is 40.2 Å². The van der Waals surface area contributed by atoms with Gasteiger partial charge >= 0.3 is 5.97 Å². The van der Waals surface area contributed by atoms with E-state index in [1.165, 1.54) is 0 Å². The van der Waals surface area contributed by atoms with Crippen LogP contribution in [0.3, 0.4) is 0 Å². The van der Waals surface area contributed by atoms with Crippen LogP contribution in [-0.2, 0) is 16.1 Å². The molecule has 0 aliphatic carbocycles. The van der Waals surface area contributed by atoms with Crippen molar-refractivity contribution in [3.63, 3.8) is 0 Å². The van der Waals surface area contributed by atoms with Crippen molar-refractivity contribution in [2.24, 2.45) is 0 Å². The van der Waals surface area contributed by atoms with Gasteiger partial charge in [-0.15, -0.1) is 0 Å². The first-order valence-corrected chi connectivity index (χ1v) is 7.98. The highest BCUT2D eigenvalue weighted by Crippen LogP contribution is 2.23. The quantitative estimate of drug-likeness (QED) is 0.790. The molecule has 0 saturated carbocycles. The summed E-state index contributed by atoms with van der Waals surface area (Å²) in [5.74, 6) is 0.974. The third-order valence-corrected chi connectivity index (χ3v) is 4.19. The number of esters is 1. The molecule has 112 valence electrons. The van der Waals surface area contributed by atoms with Crippen molar-refractivity contribution in [1.29, 1.82) is 0 Å². The van der Waals surface area contributed by atoms with Crippen molar-refractivity contribution in [2.45, 2.75) is 32.4 Å². The van der Waals surface area contributed by atoms with Crippen molar-refractivity contribution < 1.29 is 14.1 Å². The van der Waals surface area contributed by atoms with Crippen molar-refractivity contribution in [1.82, 2.24) is 15.0 Å². The third-order valence-electron chi connectivity index (χ3n) is 3.50. The van der Waals surface area contributed by atoms with E-state index in [1.54, 1.807) is 11.3 Å². The molecule has 0 bridgehead atoms. The number of nitrogens with zero attached hydrogens (tertiary/aromatic N) is 3. The third kappa shape index (κ3) is 3.14. The molecule has 1 fully saturated rings. The minimum Gasteiger partial charge on any atom is -0.465 e. The van der Waals surface area contributed by atoms with Crippen LogP contribution in [0, 0.1) is 0 Å². The molecule has 6 nitrogen and oxygen atoms in total. The molecular formula is C14H17N3O3S. The first-order chi connectivity index (χ1) is 10.3. The van der Waals surface area contributed by atoms with E-state index in [2.05, 4.69) is 15.0 Å². The Morgan fingerprint density at radius 3 is 3.29 bits per heavy atom. The van der Waals surface area contributed by atoms with Crippen LogP contribution in [0.5, 0.6) is 0 Å². The van der Waals surface area contributed by atoms with Crippen LogP contribution >= 0.6 is 11.3 Å². The Labute approximate surface area is 126 Å². The molecule has 1 atom stereocenters. The molecule has 3 heterocycles. The highest BCUT2D eigenvalue weighted by molar-refractivity contribution is 7.08. The minimum absolute atomic E-state index is 0.156. The Morgan fingerprint density at radius 2 is 2.52 bits per heavy atom. The predicted molar refractivity (Wildman–Crippen MR) is 77.7 cm³/mol. The van der Waals surface area contributed by atoms with E-state index in [0.29, 0.717) is 24.9 Å². The first kappa shape index (κ1) is 14.2. The number of likely N-dealkylation sites (tertiary alicyclic amines) is 1. The number of ether oxygens (including phenoxy) is 1. The van der Waals surface area contributed by atoms with Crippen molar-refractivity contribution in [3.8, 4) is 11.5 Å². The number of hydrogen-bond donors (Lipinski definition) is 0. The zero-order valence-electron chi connectivity index (χ0n) is 11.8. The monoisotopic (exact) mass is 307 g/mol. The van der Waals surface area contributed by atoms with Gasteiger partial charge in [0.1, 0.15) is 6.04 Å².